The fraction of sp³-hybridized carbons (Fsp3) is 0.333. The number of amides is 2. The number of carbonyl (C=O) groups excluding carboxylic acids is 2. The van der Waals surface area contributed by atoms with Gasteiger partial charge in [-0.2, -0.15) is 0 Å². The minimum Gasteiger partial charge on any atom is -0.369 e. The Bertz CT molecular complexity index is 753. The van der Waals surface area contributed by atoms with Crippen LogP contribution >= 0.6 is 0 Å². The molecule has 3 N–H and O–H groups in total. The Morgan fingerprint density at radius 3 is 2.35 bits per heavy atom. The molecule has 136 valence electrons. The van der Waals surface area contributed by atoms with Gasteiger partial charge in [0.15, 0.2) is 0 Å². The molecule has 1 saturated heterocycles. The van der Waals surface area contributed by atoms with Crippen molar-refractivity contribution < 1.29 is 9.59 Å². The van der Waals surface area contributed by atoms with Gasteiger partial charge in [0, 0.05) is 24.7 Å². The summed E-state index contributed by atoms with van der Waals surface area (Å²) in [5.74, 6) is -0.327. The van der Waals surface area contributed by atoms with Crippen LogP contribution in [0.3, 0.4) is 0 Å². The van der Waals surface area contributed by atoms with Crippen LogP contribution in [0.15, 0.2) is 54.6 Å². The van der Waals surface area contributed by atoms with E-state index < -0.39 is 0 Å². The van der Waals surface area contributed by atoms with E-state index in [9.17, 15) is 9.59 Å². The molecule has 3 rings (SSSR count). The summed E-state index contributed by atoms with van der Waals surface area (Å²) in [6, 6.07) is 18.1. The Balaban J connectivity index is 1.61. The molecule has 1 fully saturated rings. The highest BCUT2D eigenvalue weighted by Gasteiger charge is 2.22. The predicted molar refractivity (Wildman–Crippen MR) is 102 cm³/mol. The molecule has 26 heavy (non-hydrogen) atoms. The molecule has 1 aliphatic rings. The summed E-state index contributed by atoms with van der Waals surface area (Å²) in [6.45, 7) is 1.85. The lowest BCUT2D eigenvalue weighted by molar-refractivity contribution is -0.119. The molecule has 0 aliphatic carbocycles. The van der Waals surface area contributed by atoms with Crippen molar-refractivity contribution in [2.75, 3.05) is 19.6 Å². The first-order chi connectivity index (χ1) is 12.6. The van der Waals surface area contributed by atoms with Crippen LogP contribution in [0.2, 0.25) is 0 Å². The molecule has 0 atom stereocenters. The number of likely N-dealkylation sites (tertiary alicyclic amines) is 1. The summed E-state index contributed by atoms with van der Waals surface area (Å²) < 4.78 is 0. The van der Waals surface area contributed by atoms with Gasteiger partial charge in [0.25, 0.3) is 5.91 Å². The molecule has 0 unspecified atom stereocenters. The van der Waals surface area contributed by atoms with Crippen molar-refractivity contribution >= 4 is 11.8 Å². The molecule has 2 aromatic rings. The Kier molecular flexibility index (Phi) is 6.02. The molecule has 2 amide bonds. The Morgan fingerprint density at radius 2 is 1.65 bits per heavy atom. The molecule has 2 aromatic carbocycles. The van der Waals surface area contributed by atoms with Crippen LogP contribution in [-0.4, -0.2) is 42.4 Å². The van der Waals surface area contributed by atoms with Gasteiger partial charge < -0.3 is 11.1 Å². The molecule has 1 aliphatic heterocycles. The second kappa shape index (κ2) is 8.63. The fourth-order valence-corrected chi connectivity index (χ4v) is 3.43. The number of nitrogens with zero attached hydrogens (tertiary/aromatic N) is 1. The van der Waals surface area contributed by atoms with E-state index in [0.717, 1.165) is 43.5 Å². The summed E-state index contributed by atoms with van der Waals surface area (Å²) in [5, 5.41) is 3.15. The highest BCUT2D eigenvalue weighted by molar-refractivity contribution is 5.96. The average Bonchev–Trinajstić information content (AvgIpc) is 2.64. The Morgan fingerprint density at radius 1 is 1.00 bits per heavy atom. The van der Waals surface area contributed by atoms with Gasteiger partial charge in [0.1, 0.15) is 0 Å². The lowest BCUT2D eigenvalue weighted by Gasteiger charge is -2.31. The number of carbonyl (C=O) groups is 2. The van der Waals surface area contributed by atoms with E-state index in [1.165, 1.54) is 5.56 Å². The zero-order valence-corrected chi connectivity index (χ0v) is 14.9. The first kappa shape index (κ1) is 18.1. The molecule has 0 aromatic heterocycles. The van der Waals surface area contributed by atoms with Gasteiger partial charge in [0.2, 0.25) is 5.91 Å². The monoisotopic (exact) mass is 351 g/mol. The zero-order chi connectivity index (χ0) is 18.4. The predicted octanol–water partition coefficient (Wildman–Crippen LogP) is 1.96. The number of hydrogen-bond acceptors (Lipinski definition) is 3. The molecular weight excluding hydrogens is 326 g/mol. The molecule has 1 heterocycles. The first-order valence-corrected chi connectivity index (χ1v) is 9.05. The van der Waals surface area contributed by atoms with Crippen LogP contribution in [0, 0.1) is 0 Å². The minimum atomic E-state index is -0.303. The largest absolute Gasteiger partial charge is 0.369 e. The number of benzene rings is 2. The van der Waals surface area contributed by atoms with Crippen LogP contribution in [0.5, 0.6) is 0 Å². The quantitative estimate of drug-likeness (QED) is 0.835. The highest BCUT2D eigenvalue weighted by Crippen LogP contribution is 2.16. The smallest absolute Gasteiger partial charge is 0.251 e. The molecule has 0 saturated carbocycles. The van der Waals surface area contributed by atoms with E-state index in [2.05, 4.69) is 17.4 Å². The summed E-state index contributed by atoms with van der Waals surface area (Å²) in [5.41, 5.74) is 8.19. The summed E-state index contributed by atoms with van der Waals surface area (Å²) in [6.07, 6.45) is 2.40. The number of primary amides is 1. The van der Waals surface area contributed by atoms with Crippen LogP contribution in [0.1, 0.15) is 34.3 Å². The van der Waals surface area contributed by atoms with Crippen molar-refractivity contribution in [2.24, 2.45) is 5.73 Å². The molecule has 5 nitrogen and oxygen atoms in total. The molecule has 5 heteroatoms. The Hall–Kier alpha value is -2.66. The van der Waals surface area contributed by atoms with Crippen LogP contribution in [0.25, 0.3) is 0 Å². The van der Waals surface area contributed by atoms with E-state index in [0.29, 0.717) is 6.54 Å². The standard InChI is InChI=1S/C21H25N3O2/c22-20(25)15-24-12-10-18(11-13-24)23-21(26)19-9-5-4-8-17(19)14-16-6-2-1-3-7-16/h1-9,18H,10-15H2,(H2,22,25)(H,23,26). The highest BCUT2D eigenvalue weighted by atomic mass is 16.2. The molecule has 0 bridgehead atoms. The number of piperidine rings is 1. The van der Waals surface area contributed by atoms with E-state index in [1.807, 2.05) is 47.4 Å². The van der Waals surface area contributed by atoms with Crippen molar-refractivity contribution in [2.45, 2.75) is 25.3 Å². The van der Waals surface area contributed by atoms with Gasteiger partial charge in [-0.05, 0) is 36.5 Å². The number of hydrogen-bond donors (Lipinski definition) is 2. The summed E-state index contributed by atoms with van der Waals surface area (Å²) >= 11 is 0. The maximum Gasteiger partial charge on any atom is 0.251 e. The Labute approximate surface area is 154 Å². The second-order valence-corrected chi connectivity index (χ2v) is 6.81. The van der Waals surface area contributed by atoms with Crippen molar-refractivity contribution in [3.63, 3.8) is 0 Å². The van der Waals surface area contributed by atoms with Gasteiger partial charge in [-0.1, -0.05) is 48.5 Å². The summed E-state index contributed by atoms with van der Waals surface area (Å²) in [7, 11) is 0. The van der Waals surface area contributed by atoms with E-state index >= 15 is 0 Å². The maximum atomic E-state index is 12.8. The third-order valence-corrected chi connectivity index (χ3v) is 4.80. The molecule has 0 spiro atoms. The van der Waals surface area contributed by atoms with Gasteiger partial charge in [-0.25, -0.2) is 0 Å². The van der Waals surface area contributed by atoms with Crippen LogP contribution in [-0.2, 0) is 11.2 Å². The SMILES string of the molecule is NC(=O)CN1CCC(NC(=O)c2ccccc2Cc2ccccc2)CC1. The maximum absolute atomic E-state index is 12.8. The third kappa shape index (κ3) is 4.92. The van der Waals surface area contributed by atoms with Gasteiger partial charge >= 0.3 is 0 Å². The van der Waals surface area contributed by atoms with E-state index in [4.69, 9.17) is 5.73 Å². The number of rotatable bonds is 6. The lowest BCUT2D eigenvalue weighted by Crippen LogP contribution is -2.46. The van der Waals surface area contributed by atoms with Crippen molar-refractivity contribution in [3.05, 3.63) is 71.3 Å². The van der Waals surface area contributed by atoms with Crippen LogP contribution < -0.4 is 11.1 Å². The lowest BCUT2D eigenvalue weighted by atomic mass is 9.98. The van der Waals surface area contributed by atoms with E-state index in [-0.39, 0.29) is 17.9 Å². The minimum absolute atomic E-state index is 0.0233. The summed E-state index contributed by atoms with van der Waals surface area (Å²) in [4.78, 5) is 25.8. The topological polar surface area (TPSA) is 75.4 Å². The third-order valence-electron chi connectivity index (χ3n) is 4.80. The molecule has 0 radical (unpaired) electrons. The number of nitrogens with two attached hydrogens (primary N) is 1. The van der Waals surface area contributed by atoms with Crippen molar-refractivity contribution in [1.29, 1.82) is 0 Å². The van der Waals surface area contributed by atoms with Gasteiger partial charge in [0.05, 0.1) is 6.54 Å². The zero-order valence-electron chi connectivity index (χ0n) is 14.9. The van der Waals surface area contributed by atoms with Gasteiger partial charge in [-0.3, -0.25) is 14.5 Å². The average molecular weight is 351 g/mol. The number of nitrogens with one attached hydrogen (secondary N) is 1. The van der Waals surface area contributed by atoms with Crippen LogP contribution in [0.4, 0.5) is 0 Å². The first-order valence-electron chi connectivity index (χ1n) is 9.05. The normalized spacial score (nSPS) is 15.5. The molecular formula is C21H25N3O2. The van der Waals surface area contributed by atoms with E-state index in [1.54, 1.807) is 0 Å². The van der Waals surface area contributed by atoms with Gasteiger partial charge in [-0.15, -0.1) is 0 Å². The fourth-order valence-electron chi connectivity index (χ4n) is 3.43. The van der Waals surface area contributed by atoms with Crippen molar-refractivity contribution in [1.82, 2.24) is 10.2 Å². The van der Waals surface area contributed by atoms with Crippen molar-refractivity contribution in [3.8, 4) is 0 Å². The second-order valence-electron chi connectivity index (χ2n) is 6.81.